The lowest BCUT2D eigenvalue weighted by atomic mass is 10.0. The third-order valence-corrected chi connectivity index (χ3v) is 7.77. The Morgan fingerprint density at radius 2 is 1.75 bits per heavy atom. The number of aromatic nitrogens is 2. The Morgan fingerprint density at radius 1 is 0.932 bits per heavy atom. The summed E-state index contributed by atoms with van der Waals surface area (Å²) in [4.78, 5) is 41.9. The number of halogens is 3. The lowest BCUT2D eigenvalue weighted by molar-refractivity contribution is -0.157. The zero-order valence-electron chi connectivity index (χ0n) is 24.0. The third kappa shape index (κ3) is 7.94. The summed E-state index contributed by atoms with van der Waals surface area (Å²) in [7, 11) is 0. The first-order valence-electron chi connectivity index (χ1n) is 14.7. The predicted molar refractivity (Wildman–Crippen MR) is 151 cm³/mol. The van der Waals surface area contributed by atoms with Crippen molar-refractivity contribution < 1.29 is 36.7 Å². The molecule has 3 atom stereocenters. The largest absolute Gasteiger partial charge is 0.494 e. The van der Waals surface area contributed by atoms with Crippen LogP contribution >= 0.6 is 0 Å². The molecular weight excluding hydrogens is 579 g/mol. The normalized spacial score (nSPS) is 22.3. The Morgan fingerprint density at radius 3 is 2.48 bits per heavy atom. The molecule has 2 aliphatic heterocycles. The number of hydrogen-bond acceptors (Lipinski definition) is 7. The van der Waals surface area contributed by atoms with Crippen LogP contribution in [0, 0.1) is 0 Å². The molecule has 1 fully saturated rings. The second kappa shape index (κ2) is 13.9. The van der Waals surface area contributed by atoms with Gasteiger partial charge in [-0.15, -0.1) is 10.2 Å². The van der Waals surface area contributed by atoms with Gasteiger partial charge in [0.2, 0.25) is 23.6 Å². The molecule has 3 heterocycles. The molecule has 3 aromatic rings. The SMILES string of the molecule is O=C1N[C@H](c2nnc(C(F)(F)F)o2)CCCCOc2cccc(c2)C[C@H](N2CCCC2=O)C(=O)N[C@H]1CCc1ccccc1. The average molecular weight is 614 g/mol. The van der Waals surface area contributed by atoms with Crippen LogP contribution in [0.15, 0.2) is 59.0 Å². The summed E-state index contributed by atoms with van der Waals surface area (Å²) >= 11 is 0. The summed E-state index contributed by atoms with van der Waals surface area (Å²) in [6.07, 6.45) is -1.84. The van der Waals surface area contributed by atoms with Gasteiger partial charge >= 0.3 is 12.1 Å². The van der Waals surface area contributed by atoms with Gasteiger partial charge in [-0.05, 0) is 61.8 Å². The van der Waals surface area contributed by atoms with Gasteiger partial charge in [0.15, 0.2) is 0 Å². The summed E-state index contributed by atoms with van der Waals surface area (Å²) in [6.45, 7) is 0.727. The van der Waals surface area contributed by atoms with E-state index in [4.69, 9.17) is 9.15 Å². The molecule has 0 unspecified atom stereocenters. The smallest absolute Gasteiger partial charge is 0.470 e. The minimum absolute atomic E-state index is 0.144. The van der Waals surface area contributed by atoms with Gasteiger partial charge in [0.25, 0.3) is 0 Å². The predicted octanol–water partition coefficient (Wildman–Crippen LogP) is 4.16. The molecule has 234 valence electrons. The van der Waals surface area contributed by atoms with E-state index >= 15 is 0 Å². The van der Waals surface area contributed by atoms with E-state index < -0.39 is 42.0 Å². The summed E-state index contributed by atoms with van der Waals surface area (Å²) < 4.78 is 50.5. The second-order valence-electron chi connectivity index (χ2n) is 11.0. The van der Waals surface area contributed by atoms with Gasteiger partial charge in [0.1, 0.15) is 23.9 Å². The molecule has 2 bridgehead atoms. The molecule has 13 heteroatoms. The fraction of sp³-hybridized carbons (Fsp3) is 0.452. The highest BCUT2D eigenvalue weighted by molar-refractivity contribution is 5.92. The molecule has 2 N–H and O–H groups in total. The third-order valence-electron chi connectivity index (χ3n) is 7.77. The van der Waals surface area contributed by atoms with Gasteiger partial charge in [-0.25, -0.2) is 0 Å². The molecule has 2 aliphatic rings. The maximum atomic E-state index is 13.9. The Bertz CT molecular complexity index is 1450. The number of carbonyl (C=O) groups is 3. The molecule has 5 rings (SSSR count). The van der Waals surface area contributed by atoms with Crippen LogP contribution in [0.2, 0.25) is 0 Å². The lowest BCUT2D eigenvalue weighted by Gasteiger charge is -2.30. The number of nitrogens with zero attached hydrogens (tertiary/aromatic N) is 3. The number of nitrogens with one attached hydrogen (secondary N) is 2. The molecular formula is C31H34F3N5O5. The molecule has 10 nitrogen and oxygen atoms in total. The standard InChI is InChI=1S/C31H34F3N5O5/c32-31(33,34)30-38-37-29(44-30)24-12-4-5-17-43-22-11-6-10-21(18-22)19-25(39-16-7-13-26(39)40)28(42)35-23(27(41)36-24)15-14-20-8-2-1-3-9-20/h1-3,6,8-11,18,23-25H,4-5,7,12-17,19H2,(H,35,42)(H,36,41)/t23-,24-,25-/m0/s1. The molecule has 2 aromatic carbocycles. The second-order valence-corrected chi connectivity index (χ2v) is 11.0. The van der Waals surface area contributed by atoms with Gasteiger partial charge in [0, 0.05) is 19.4 Å². The van der Waals surface area contributed by atoms with E-state index in [1.807, 2.05) is 48.5 Å². The maximum absolute atomic E-state index is 13.9. The van der Waals surface area contributed by atoms with Crippen LogP contribution in [-0.4, -0.2) is 58.1 Å². The lowest BCUT2D eigenvalue weighted by Crippen LogP contribution is -2.55. The van der Waals surface area contributed by atoms with Gasteiger partial charge in [-0.1, -0.05) is 42.5 Å². The van der Waals surface area contributed by atoms with E-state index in [0.29, 0.717) is 51.0 Å². The van der Waals surface area contributed by atoms with E-state index in [2.05, 4.69) is 20.8 Å². The van der Waals surface area contributed by atoms with Crippen molar-refractivity contribution in [3.63, 3.8) is 0 Å². The zero-order chi connectivity index (χ0) is 31.1. The molecule has 1 saturated heterocycles. The van der Waals surface area contributed by atoms with Crippen molar-refractivity contribution in [1.82, 2.24) is 25.7 Å². The fourth-order valence-corrected chi connectivity index (χ4v) is 5.48. The van der Waals surface area contributed by atoms with Crippen LogP contribution in [0.4, 0.5) is 13.2 Å². The summed E-state index contributed by atoms with van der Waals surface area (Å²) in [5.74, 6) is -2.55. The number of hydrogen-bond donors (Lipinski definition) is 2. The molecule has 0 aliphatic carbocycles. The molecule has 0 radical (unpaired) electrons. The van der Waals surface area contributed by atoms with Crippen molar-refractivity contribution >= 4 is 17.7 Å². The van der Waals surface area contributed by atoms with Crippen LogP contribution in [-0.2, 0) is 33.4 Å². The summed E-state index contributed by atoms with van der Waals surface area (Å²) in [5, 5.41) is 12.3. The monoisotopic (exact) mass is 613 g/mol. The maximum Gasteiger partial charge on any atom is 0.470 e. The number of alkyl halides is 3. The van der Waals surface area contributed by atoms with Crippen molar-refractivity contribution in [2.24, 2.45) is 0 Å². The van der Waals surface area contributed by atoms with Crippen LogP contribution in [0.3, 0.4) is 0 Å². The number of benzene rings is 2. The number of ether oxygens (including phenoxy) is 1. The molecule has 44 heavy (non-hydrogen) atoms. The quantitative estimate of drug-likeness (QED) is 0.443. The van der Waals surface area contributed by atoms with Gasteiger partial charge in [-0.2, -0.15) is 13.2 Å². The molecule has 0 spiro atoms. The average Bonchev–Trinajstić information content (AvgIpc) is 3.67. The highest BCUT2D eigenvalue weighted by atomic mass is 19.4. The summed E-state index contributed by atoms with van der Waals surface area (Å²) in [5.41, 5.74) is 1.74. The van der Waals surface area contributed by atoms with Crippen LogP contribution in [0.25, 0.3) is 0 Å². The number of amides is 3. The van der Waals surface area contributed by atoms with Crippen molar-refractivity contribution in [2.45, 2.75) is 75.7 Å². The molecule has 3 amide bonds. The number of likely N-dealkylation sites (tertiary alicyclic amines) is 1. The van der Waals surface area contributed by atoms with Crippen molar-refractivity contribution in [2.75, 3.05) is 13.2 Å². The zero-order valence-corrected chi connectivity index (χ0v) is 24.0. The van der Waals surface area contributed by atoms with E-state index in [-0.39, 0.29) is 31.1 Å². The van der Waals surface area contributed by atoms with E-state index in [0.717, 1.165) is 11.1 Å². The van der Waals surface area contributed by atoms with Gasteiger partial charge < -0.3 is 24.7 Å². The Balaban J connectivity index is 1.46. The van der Waals surface area contributed by atoms with Crippen molar-refractivity contribution in [3.05, 3.63) is 77.5 Å². The van der Waals surface area contributed by atoms with Gasteiger partial charge in [0.05, 0.1) is 6.61 Å². The van der Waals surface area contributed by atoms with Crippen LogP contribution in [0.5, 0.6) is 5.75 Å². The van der Waals surface area contributed by atoms with Crippen molar-refractivity contribution in [3.8, 4) is 5.75 Å². The highest BCUT2D eigenvalue weighted by Gasteiger charge is 2.40. The Kier molecular flexibility index (Phi) is 9.81. The number of carbonyl (C=O) groups excluding carboxylic acids is 3. The number of aryl methyl sites for hydroxylation is 1. The first-order chi connectivity index (χ1) is 21.2. The minimum atomic E-state index is -4.84. The summed E-state index contributed by atoms with van der Waals surface area (Å²) in [6, 6.07) is 13.7. The molecule has 1 aromatic heterocycles. The van der Waals surface area contributed by atoms with E-state index in [9.17, 15) is 27.6 Å². The van der Waals surface area contributed by atoms with E-state index in [1.165, 1.54) is 4.90 Å². The number of fused-ring (bicyclic) bond motifs is 2. The first kappa shape index (κ1) is 31.0. The number of rotatable bonds is 5. The fourth-order valence-electron chi connectivity index (χ4n) is 5.48. The molecule has 0 saturated carbocycles. The van der Waals surface area contributed by atoms with Crippen molar-refractivity contribution in [1.29, 1.82) is 0 Å². The Labute approximate surface area is 252 Å². The van der Waals surface area contributed by atoms with Crippen LogP contribution in [0.1, 0.15) is 67.5 Å². The van der Waals surface area contributed by atoms with E-state index in [1.54, 1.807) is 6.07 Å². The van der Waals surface area contributed by atoms with Crippen LogP contribution < -0.4 is 15.4 Å². The minimum Gasteiger partial charge on any atom is -0.494 e. The topological polar surface area (TPSA) is 127 Å². The highest BCUT2D eigenvalue weighted by Crippen LogP contribution is 2.30. The Hall–Kier alpha value is -4.42. The van der Waals surface area contributed by atoms with Gasteiger partial charge in [-0.3, -0.25) is 14.4 Å². The first-order valence-corrected chi connectivity index (χ1v) is 14.7.